The highest BCUT2D eigenvalue weighted by molar-refractivity contribution is 5.82. The summed E-state index contributed by atoms with van der Waals surface area (Å²) in [5.74, 6) is -2.50. The average Bonchev–Trinajstić information content (AvgIpc) is 1.87. The standard InChI is InChI=1S/C4H7NO5/c6-1-2(7)5-3(8)4(9)10/h3,6,8H,1H2,(H,5,7)(H,9,10). The van der Waals surface area contributed by atoms with Crippen LogP contribution < -0.4 is 5.32 Å². The number of nitrogens with one attached hydrogen (secondary N) is 1. The average molecular weight is 149 g/mol. The first-order chi connectivity index (χ1) is 4.57. The van der Waals surface area contributed by atoms with Gasteiger partial charge in [-0.1, -0.05) is 0 Å². The highest BCUT2D eigenvalue weighted by Gasteiger charge is 2.14. The van der Waals surface area contributed by atoms with Crippen molar-refractivity contribution in [1.29, 1.82) is 0 Å². The lowest BCUT2D eigenvalue weighted by atomic mass is 10.5. The predicted molar refractivity (Wildman–Crippen MR) is 28.9 cm³/mol. The van der Waals surface area contributed by atoms with Gasteiger partial charge in [0.05, 0.1) is 0 Å². The van der Waals surface area contributed by atoms with Gasteiger partial charge in [-0.05, 0) is 0 Å². The Morgan fingerprint density at radius 2 is 2.00 bits per heavy atom. The second-order valence-corrected chi connectivity index (χ2v) is 1.47. The molecule has 0 saturated heterocycles. The van der Waals surface area contributed by atoms with Gasteiger partial charge in [0.15, 0.2) is 0 Å². The highest BCUT2D eigenvalue weighted by atomic mass is 16.4. The van der Waals surface area contributed by atoms with Gasteiger partial charge in [0.1, 0.15) is 6.61 Å². The lowest BCUT2D eigenvalue weighted by Gasteiger charge is -2.04. The third kappa shape index (κ3) is 3.00. The molecule has 0 aromatic rings. The zero-order valence-corrected chi connectivity index (χ0v) is 4.94. The molecule has 1 unspecified atom stereocenters. The molecule has 0 aromatic heterocycles. The fourth-order valence-electron chi connectivity index (χ4n) is 0.260. The maximum Gasteiger partial charge on any atom is 0.353 e. The number of carbonyl (C=O) groups is 2. The van der Waals surface area contributed by atoms with E-state index in [9.17, 15) is 9.59 Å². The summed E-state index contributed by atoms with van der Waals surface area (Å²) in [7, 11) is 0. The van der Waals surface area contributed by atoms with E-state index < -0.39 is 24.7 Å². The summed E-state index contributed by atoms with van der Waals surface area (Å²) in [6.07, 6.45) is -1.94. The molecular weight excluding hydrogens is 142 g/mol. The Morgan fingerprint density at radius 3 is 2.30 bits per heavy atom. The SMILES string of the molecule is O=C(CO)NC(O)C(=O)O. The number of amides is 1. The van der Waals surface area contributed by atoms with Crippen LogP contribution in [-0.4, -0.2) is 40.0 Å². The van der Waals surface area contributed by atoms with E-state index in [0.29, 0.717) is 0 Å². The van der Waals surface area contributed by atoms with Crippen molar-refractivity contribution in [2.45, 2.75) is 6.23 Å². The van der Waals surface area contributed by atoms with E-state index in [0.717, 1.165) is 0 Å². The molecule has 10 heavy (non-hydrogen) atoms. The zero-order chi connectivity index (χ0) is 8.15. The summed E-state index contributed by atoms with van der Waals surface area (Å²) < 4.78 is 0. The van der Waals surface area contributed by atoms with Crippen LogP contribution in [0.15, 0.2) is 0 Å². The van der Waals surface area contributed by atoms with Crippen molar-refractivity contribution in [3.8, 4) is 0 Å². The summed E-state index contributed by atoms with van der Waals surface area (Å²) in [4.78, 5) is 19.9. The van der Waals surface area contributed by atoms with Gasteiger partial charge in [0.25, 0.3) is 0 Å². The molecule has 0 spiro atoms. The molecule has 0 aliphatic carbocycles. The third-order valence-corrected chi connectivity index (χ3v) is 0.675. The number of aliphatic carboxylic acids is 1. The molecule has 6 nitrogen and oxygen atoms in total. The van der Waals surface area contributed by atoms with Crippen LogP contribution in [0.2, 0.25) is 0 Å². The molecule has 0 aliphatic rings. The molecule has 0 aromatic carbocycles. The quantitative estimate of drug-likeness (QED) is 0.332. The molecule has 0 fully saturated rings. The number of aliphatic hydroxyl groups is 2. The molecule has 4 N–H and O–H groups in total. The fraction of sp³-hybridized carbons (Fsp3) is 0.500. The molecule has 0 bridgehead atoms. The monoisotopic (exact) mass is 149 g/mol. The maximum absolute atomic E-state index is 10.1. The topological polar surface area (TPSA) is 107 Å². The maximum atomic E-state index is 10.1. The van der Waals surface area contributed by atoms with Gasteiger partial charge in [0, 0.05) is 0 Å². The third-order valence-electron chi connectivity index (χ3n) is 0.675. The molecule has 1 atom stereocenters. The summed E-state index contributed by atoms with van der Waals surface area (Å²) in [5.41, 5.74) is 0. The van der Waals surface area contributed by atoms with Crippen LogP contribution in [-0.2, 0) is 9.59 Å². The van der Waals surface area contributed by atoms with Crippen molar-refractivity contribution in [2.75, 3.05) is 6.61 Å². The molecule has 1 amide bonds. The van der Waals surface area contributed by atoms with Crippen LogP contribution in [0.4, 0.5) is 0 Å². The van der Waals surface area contributed by atoms with Crippen molar-refractivity contribution in [1.82, 2.24) is 5.32 Å². The van der Waals surface area contributed by atoms with Gasteiger partial charge >= 0.3 is 5.97 Å². The second-order valence-electron chi connectivity index (χ2n) is 1.47. The number of hydrogen-bond acceptors (Lipinski definition) is 4. The smallest absolute Gasteiger partial charge is 0.353 e. The molecular formula is C4H7NO5. The van der Waals surface area contributed by atoms with E-state index in [1.807, 2.05) is 0 Å². The summed E-state index contributed by atoms with van der Waals surface area (Å²) in [6, 6.07) is 0. The minimum Gasteiger partial charge on any atom is -0.478 e. The van der Waals surface area contributed by atoms with Crippen molar-refractivity contribution in [3.63, 3.8) is 0 Å². The lowest BCUT2D eigenvalue weighted by molar-refractivity contribution is -0.151. The Labute approximate surface area is 56.1 Å². The van der Waals surface area contributed by atoms with E-state index in [1.54, 1.807) is 5.32 Å². The molecule has 0 rings (SSSR count). The zero-order valence-electron chi connectivity index (χ0n) is 4.94. The van der Waals surface area contributed by atoms with Gasteiger partial charge in [-0.25, -0.2) is 4.79 Å². The lowest BCUT2D eigenvalue weighted by Crippen LogP contribution is -2.41. The number of carboxylic acid groups (broad SMARTS) is 1. The van der Waals surface area contributed by atoms with Gasteiger partial charge in [0.2, 0.25) is 12.1 Å². The summed E-state index contributed by atoms with van der Waals surface area (Å²) in [5, 5.41) is 26.0. The Hall–Kier alpha value is -1.14. The number of rotatable bonds is 3. The number of carboxylic acids is 1. The molecule has 0 heterocycles. The fourth-order valence-corrected chi connectivity index (χ4v) is 0.260. The number of carbonyl (C=O) groups excluding carboxylic acids is 1. The minimum absolute atomic E-state index is 0.843. The molecule has 0 radical (unpaired) electrons. The Morgan fingerprint density at radius 1 is 1.50 bits per heavy atom. The number of hydrogen-bond donors (Lipinski definition) is 4. The second kappa shape index (κ2) is 3.80. The first-order valence-corrected chi connectivity index (χ1v) is 2.39. The van der Waals surface area contributed by atoms with Crippen LogP contribution in [0.25, 0.3) is 0 Å². The van der Waals surface area contributed by atoms with E-state index in [1.165, 1.54) is 0 Å². The van der Waals surface area contributed by atoms with Crippen molar-refractivity contribution >= 4 is 11.9 Å². The Balaban J connectivity index is 3.68. The Bertz CT molecular complexity index is 145. The Kier molecular flexibility index (Phi) is 3.37. The normalized spacial score (nSPS) is 12.2. The largest absolute Gasteiger partial charge is 0.478 e. The highest BCUT2D eigenvalue weighted by Crippen LogP contribution is 1.75. The van der Waals surface area contributed by atoms with Crippen LogP contribution in [0.3, 0.4) is 0 Å². The van der Waals surface area contributed by atoms with Gasteiger partial charge in [-0.15, -0.1) is 0 Å². The van der Waals surface area contributed by atoms with Crippen LogP contribution in [0.1, 0.15) is 0 Å². The minimum atomic E-state index is -1.94. The predicted octanol–water partition coefficient (Wildman–Crippen LogP) is -2.50. The van der Waals surface area contributed by atoms with Crippen molar-refractivity contribution in [2.24, 2.45) is 0 Å². The van der Waals surface area contributed by atoms with E-state index in [4.69, 9.17) is 15.3 Å². The van der Waals surface area contributed by atoms with E-state index in [2.05, 4.69) is 0 Å². The first kappa shape index (κ1) is 8.86. The molecule has 0 saturated carbocycles. The van der Waals surface area contributed by atoms with Gasteiger partial charge in [-0.2, -0.15) is 0 Å². The first-order valence-electron chi connectivity index (χ1n) is 2.39. The van der Waals surface area contributed by atoms with Crippen LogP contribution in [0, 0.1) is 0 Å². The van der Waals surface area contributed by atoms with E-state index in [-0.39, 0.29) is 0 Å². The molecule has 6 heteroatoms. The number of aliphatic hydroxyl groups excluding tert-OH is 2. The molecule has 58 valence electrons. The van der Waals surface area contributed by atoms with E-state index >= 15 is 0 Å². The summed E-state index contributed by atoms with van der Waals surface area (Å²) in [6.45, 7) is -0.843. The van der Waals surface area contributed by atoms with Crippen LogP contribution >= 0.6 is 0 Å². The molecule has 0 aliphatic heterocycles. The summed E-state index contributed by atoms with van der Waals surface area (Å²) >= 11 is 0. The van der Waals surface area contributed by atoms with Crippen LogP contribution in [0.5, 0.6) is 0 Å². The van der Waals surface area contributed by atoms with Gasteiger partial charge < -0.3 is 20.6 Å². The van der Waals surface area contributed by atoms with Crippen molar-refractivity contribution in [3.05, 3.63) is 0 Å². The van der Waals surface area contributed by atoms with Crippen molar-refractivity contribution < 1.29 is 24.9 Å². The van der Waals surface area contributed by atoms with Gasteiger partial charge in [-0.3, -0.25) is 4.79 Å².